The van der Waals surface area contributed by atoms with Crippen LogP contribution in [0.5, 0.6) is 11.5 Å². The maximum absolute atomic E-state index is 13.5. The Morgan fingerprint density at radius 2 is 1.62 bits per heavy atom. The second kappa shape index (κ2) is 6.67. The summed E-state index contributed by atoms with van der Waals surface area (Å²) in [4.78, 5) is 25.7. The van der Waals surface area contributed by atoms with Crippen LogP contribution in [0, 0.1) is 34.5 Å². The summed E-state index contributed by atoms with van der Waals surface area (Å²) >= 11 is 0. The van der Waals surface area contributed by atoms with Crippen LogP contribution in [-0.4, -0.2) is 27.1 Å². The number of carboxylic acid groups (broad SMARTS) is 1. The fourth-order valence-corrected chi connectivity index (χ4v) is 8.72. The monoisotopic (exact) mass is 466 g/mol. The van der Waals surface area contributed by atoms with Crippen molar-refractivity contribution < 1.29 is 24.9 Å². The van der Waals surface area contributed by atoms with Gasteiger partial charge in [-0.15, -0.1) is 0 Å². The van der Waals surface area contributed by atoms with Crippen molar-refractivity contribution in [2.75, 3.05) is 0 Å². The minimum absolute atomic E-state index is 0.104. The van der Waals surface area contributed by atoms with Crippen LogP contribution in [0.25, 0.3) is 0 Å². The molecule has 0 saturated heterocycles. The fourth-order valence-electron chi connectivity index (χ4n) is 8.72. The number of carboxylic acids is 1. The van der Waals surface area contributed by atoms with Crippen LogP contribution in [0.4, 0.5) is 0 Å². The Hall–Kier alpha value is -2.30. The number of carbonyl (C=O) groups excluding carboxylic acids is 1. The predicted octanol–water partition coefficient (Wildman–Crippen LogP) is 6.28. The predicted molar refractivity (Wildman–Crippen MR) is 130 cm³/mol. The second-order valence-electron chi connectivity index (χ2n) is 13.1. The van der Waals surface area contributed by atoms with Crippen molar-refractivity contribution in [1.82, 2.24) is 0 Å². The Morgan fingerprint density at radius 3 is 2.26 bits per heavy atom. The molecule has 3 saturated carbocycles. The quantitative estimate of drug-likeness (QED) is 0.423. The van der Waals surface area contributed by atoms with Crippen molar-refractivity contribution in [2.45, 2.75) is 91.9 Å². The van der Waals surface area contributed by atoms with E-state index in [0.29, 0.717) is 17.5 Å². The third kappa shape index (κ3) is 2.62. The van der Waals surface area contributed by atoms with E-state index in [0.717, 1.165) is 49.7 Å². The van der Waals surface area contributed by atoms with Crippen molar-refractivity contribution in [3.63, 3.8) is 0 Å². The number of phenols is 2. The normalized spacial score (nSPS) is 43.2. The van der Waals surface area contributed by atoms with Gasteiger partial charge in [-0.2, -0.15) is 0 Å². The number of carbonyl (C=O) groups is 2. The largest absolute Gasteiger partial charge is 0.504 e. The molecule has 0 aromatic heterocycles. The number of rotatable bonds is 1. The van der Waals surface area contributed by atoms with Crippen molar-refractivity contribution in [3.05, 3.63) is 34.4 Å². The van der Waals surface area contributed by atoms with E-state index in [1.807, 2.05) is 13.0 Å². The number of ketones is 1. The van der Waals surface area contributed by atoms with Crippen LogP contribution in [0.3, 0.4) is 0 Å². The van der Waals surface area contributed by atoms with E-state index >= 15 is 0 Å². The summed E-state index contributed by atoms with van der Waals surface area (Å²) in [6, 6.07) is 1.60. The van der Waals surface area contributed by atoms with Crippen molar-refractivity contribution in [1.29, 1.82) is 0 Å². The first-order valence-electron chi connectivity index (χ1n) is 12.7. The van der Waals surface area contributed by atoms with Gasteiger partial charge in [-0.1, -0.05) is 27.7 Å². The van der Waals surface area contributed by atoms with E-state index in [1.54, 1.807) is 13.0 Å². The fraction of sp³-hybridized carbons (Fsp3) is 0.655. The number of aliphatic carboxylic acids is 1. The zero-order valence-corrected chi connectivity index (χ0v) is 21.3. The zero-order valence-electron chi connectivity index (χ0n) is 21.3. The average molecular weight is 467 g/mol. The summed E-state index contributed by atoms with van der Waals surface area (Å²) in [5.41, 5.74) is 1.50. The highest BCUT2D eigenvalue weighted by Gasteiger charge is 2.67. The number of phenolic OH excluding ortho intramolecular Hbond substituents is 2. The number of benzene rings is 1. The number of aromatic hydroxyl groups is 2. The van der Waals surface area contributed by atoms with Crippen LogP contribution in [0.15, 0.2) is 17.7 Å². The molecule has 0 heterocycles. The Labute approximate surface area is 202 Å². The second-order valence-corrected chi connectivity index (χ2v) is 13.1. The molecule has 34 heavy (non-hydrogen) atoms. The van der Waals surface area contributed by atoms with Crippen LogP contribution in [0.1, 0.15) is 101 Å². The smallest absolute Gasteiger partial charge is 0.309 e. The van der Waals surface area contributed by atoms with Crippen molar-refractivity contribution >= 4 is 11.8 Å². The lowest BCUT2D eigenvalue weighted by molar-refractivity contribution is -0.177. The number of fused-ring (bicyclic) bond motifs is 7. The zero-order chi connectivity index (χ0) is 25.1. The summed E-state index contributed by atoms with van der Waals surface area (Å²) in [5.74, 6) is -0.940. The van der Waals surface area contributed by atoms with Gasteiger partial charge >= 0.3 is 5.97 Å². The van der Waals surface area contributed by atoms with E-state index in [-0.39, 0.29) is 39.4 Å². The molecule has 1 aromatic carbocycles. The lowest BCUT2D eigenvalue weighted by atomic mass is 9.34. The third-order valence-electron chi connectivity index (χ3n) is 11.5. The van der Waals surface area contributed by atoms with Crippen LogP contribution >= 0.6 is 0 Å². The van der Waals surface area contributed by atoms with Gasteiger partial charge in [-0.05, 0) is 104 Å². The lowest BCUT2D eigenvalue weighted by Gasteiger charge is -2.69. The Bertz CT molecular complexity index is 1170. The van der Waals surface area contributed by atoms with Gasteiger partial charge in [0.05, 0.1) is 5.41 Å². The summed E-state index contributed by atoms with van der Waals surface area (Å²) in [6.45, 7) is 12.8. The molecule has 5 nitrogen and oxygen atoms in total. The van der Waals surface area contributed by atoms with E-state index in [1.165, 1.54) is 0 Å². The maximum Gasteiger partial charge on any atom is 0.309 e. The Balaban J connectivity index is 1.67. The molecular weight excluding hydrogens is 428 g/mol. The molecule has 0 bridgehead atoms. The molecule has 3 N–H and O–H groups in total. The SMILES string of the molecule is Cc1c(O)c(O)cc2c1C(=O)C=C1C2(C)CC[C@@]2(C)[C@@H]3C[C@](C)(C(=O)O)CC[C@]3(C)CC[C@]12C. The molecule has 0 radical (unpaired) electrons. The van der Waals surface area contributed by atoms with Gasteiger partial charge in [0, 0.05) is 16.5 Å². The number of hydrogen-bond donors (Lipinski definition) is 3. The van der Waals surface area contributed by atoms with Gasteiger partial charge in [0.25, 0.3) is 0 Å². The topological polar surface area (TPSA) is 94.8 Å². The first kappa shape index (κ1) is 23.4. The molecule has 1 aromatic rings. The van der Waals surface area contributed by atoms with Gasteiger partial charge in [0.2, 0.25) is 0 Å². The van der Waals surface area contributed by atoms with E-state index in [4.69, 9.17) is 0 Å². The first-order chi connectivity index (χ1) is 15.6. The molecule has 0 spiro atoms. The molecule has 3 fully saturated rings. The highest BCUT2D eigenvalue weighted by Crippen LogP contribution is 2.74. The van der Waals surface area contributed by atoms with Gasteiger partial charge in [0.15, 0.2) is 17.3 Å². The molecular formula is C29H38O5. The molecule has 0 amide bonds. The van der Waals surface area contributed by atoms with Gasteiger partial charge in [-0.3, -0.25) is 9.59 Å². The highest BCUT2D eigenvalue weighted by atomic mass is 16.4. The Morgan fingerprint density at radius 1 is 0.971 bits per heavy atom. The molecule has 0 aliphatic heterocycles. The average Bonchev–Trinajstić information content (AvgIpc) is 2.77. The number of hydrogen-bond acceptors (Lipinski definition) is 4. The van der Waals surface area contributed by atoms with Crippen molar-refractivity contribution in [3.8, 4) is 11.5 Å². The van der Waals surface area contributed by atoms with Crippen molar-refractivity contribution in [2.24, 2.45) is 27.6 Å². The molecule has 4 aliphatic rings. The molecule has 6 atom stereocenters. The van der Waals surface area contributed by atoms with Gasteiger partial charge < -0.3 is 15.3 Å². The third-order valence-corrected chi connectivity index (χ3v) is 11.5. The minimum atomic E-state index is -0.712. The standard InChI is InChI=1S/C29H38O5/c1-16-22-17(13-19(31)23(16)32)27(4)10-12-29(6)21-15-26(3,24(33)34)8-7-25(21,2)9-11-28(29,5)20(27)14-18(22)30/h13-14,21,31-32H,7-12,15H2,1-6H3,(H,33,34)/t21-,25-,26-,27?,28-,29+/m1/s1. The summed E-state index contributed by atoms with van der Waals surface area (Å²) < 4.78 is 0. The van der Waals surface area contributed by atoms with Crippen LogP contribution in [-0.2, 0) is 10.2 Å². The van der Waals surface area contributed by atoms with Crippen LogP contribution in [0.2, 0.25) is 0 Å². The number of allylic oxidation sites excluding steroid dienone is 2. The molecule has 4 aliphatic carbocycles. The van der Waals surface area contributed by atoms with Gasteiger partial charge in [-0.25, -0.2) is 0 Å². The van der Waals surface area contributed by atoms with Crippen LogP contribution < -0.4 is 0 Å². The lowest BCUT2D eigenvalue weighted by Crippen LogP contribution is -2.62. The maximum atomic E-state index is 13.5. The Kier molecular flexibility index (Phi) is 4.60. The molecule has 184 valence electrons. The molecule has 5 rings (SSSR count). The molecule has 1 unspecified atom stereocenters. The van der Waals surface area contributed by atoms with E-state index in [9.17, 15) is 24.9 Å². The summed E-state index contributed by atoms with van der Waals surface area (Å²) in [6.07, 6.45) is 7.89. The highest BCUT2D eigenvalue weighted by molar-refractivity contribution is 6.10. The summed E-state index contributed by atoms with van der Waals surface area (Å²) in [7, 11) is 0. The van der Waals surface area contributed by atoms with E-state index in [2.05, 4.69) is 27.7 Å². The first-order valence-corrected chi connectivity index (χ1v) is 12.7. The summed E-state index contributed by atoms with van der Waals surface area (Å²) in [5, 5.41) is 30.8. The van der Waals surface area contributed by atoms with E-state index < -0.39 is 16.8 Å². The van der Waals surface area contributed by atoms with Gasteiger partial charge in [0.1, 0.15) is 0 Å². The minimum Gasteiger partial charge on any atom is -0.504 e. The molecule has 5 heteroatoms.